The molecule has 3 rings (SSSR count). The van der Waals surface area contributed by atoms with Crippen molar-refractivity contribution in [2.24, 2.45) is 5.92 Å². The molecule has 0 unspecified atom stereocenters. The molecule has 0 aromatic heterocycles. The molecule has 1 N–H and O–H groups in total. The number of allylic oxidation sites excluding steroid dienone is 1. The molecule has 132 valence electrons. The van der Waals surface area contributed by atoms with Crippen LogP contribution in [0.2, 0.25) is 0 Å². The molecule has 2 aromatic rings. The number of aromatic hydroxyl groups is 1. The lowest BCUT2D eigenvalue weighted by molar-refractivity contribution is 0.405. The van der Waals surface area contributed by atoms with E-state index in [0.717, 1.165) is 29.7 Å². The zero-order valence-corrected chi connectivity index (χ0v) is 15.2. The Morgan fingerprint density at radius 2 is 1.76 bits per heavy atom. The van der Waals surface area contributed by atoms with Crippen molar-refractivity contribution in [2.75, 3.05) is 14.2 Å². The van der Waals surface area contributed by atoms with Crippen LogP contribution in [0.1, 0.15) is 42.9 Å². The Morgan fingerprint density at radius 1 is 1.04 bits per heavy atom. The molecule has 0 heterocycles. The largest absolute Gasteiger partial charge is 0.507 e. The first-order valence-electron chi connectivity index (χ1n) is 8.92. The summed E-state index contributed by atoms with van der Waals surface area (Å²) in [5.74, 6) is 2.31. The molecule has 0 bridgehead atoms. The zero-order valence-electron chi connectivity index (χ0n) is 15.2. The third kappa shape index (κ3) is 3.65. The highest BCUT2D eigenvalue weighted by molar-refractivity contribution is 5.87. The average Bonchev–Trinajstić information content (AvgIpc) is 2.65. The minimum Gasteiger partial charge on any atom is -0.507 e. The molecule has 1 aliphatic carbocycles. The molecule has 0 saturated carbocycles. The summed E-state index contributed by atoms with van der Waals surface area (Å²) in [5, 5.41) is 10.4. The minimum absolute atomic E-state index is 0.286. The number of ether oxygens (including phenoxy) is 2. The van der Waals surface area contributed by atoms with Crippen molar-refractivity contribution in [1.29, 1.82) is 0 Å². The van der Waals surface area contributed by atoms with Crippen molar-refractivity contribution in [1.82, 2.24) is 0 Å². The Bertz CT molecular complexity index is 760. The van der Waals surface area contributed by atoms with Crippen LogP contribution in [-0.2, 0) is 6.42 Å². The Morgan fingerprint density at radius 3 is 2.40 bits per heavy atom. The zero-order chi connectivity index (χ0) is 17.8. The van der Waals surface area contributed by atoms with E-state index in [1.165, 1.54) is 24.0 Å². The highest BCUT2D eigenvalue weighted by Crippen LogP contribution is 2.42. The van der Waals surface area contributed by atoms with Crippen LogP contribution < -0.4 is 9.47 Å². The van der Waals surface area contributed by atoms with E-state index in [2.05, 4.69) is 31.2 Å². The number of fused-ring (bicyclic) bond motifs is 1. The standard InChI is InChI=1S/C22H26O3/c1-4-5-6-16-11-17-12-19(25-3)13-22(23)21(17)14-20(16)15-7-9-18(24-2)10-8-15/h7-10,12-14,16,23H,4-6,11H2,1-3H3/t16-/m0/s1. The van der Waals surface area contributed by atoms with Crippen LogP contribution in [0.5, 0.6) is 17.2 Å². The molecule has 0 fully saturated rings. The van der Waals surface area contributed by atoms with Gasteiger partial charge in [-0.15, -0.1) is 0 Å². The maximum Gasteiger partial charge on any atom is 0.126 e. The van der Waals surface area contributed by atoms with E-state index in [1.54, 1.807) is 20.3 Å². The SMILES string of the molecule is CCCC[C@H]1Cc2cc(OC)cc(O)c2C=C1c1ccc(OC)cc1. The first kappa shape index (κ1) is 17.4. The second-order valence-corrected chi connectivity index (χ2v) is 6.59. The van der Waals surface area contributed by atoms with Crippen LogP contribution in [0.3, 0.4) is 0 Å². The number of unbranched alkanes of at least 4 members (excludes halogenated alkanes) is 1. The smallest absolute Gasteiger partial charge is 0.126 e. The molecule has 0 saturated heterocycles. The molecular formula is C22H26O3. The van der Waals surface area contributed by atoms with Gasteiger partial charge in [0.15, 0.2) is 0 Å². The third-order valence-corrected chi connectivity index (χ3v) is 4.99. The van der Waals surface area contributed by atoms with Gasteiger partial charge in [-0.3, -0.25) is 0 Å². The first-order chi connectivity index (χ1) is 12.2. The number of phenolic OH excluding ortho intramolecular Hbond substituents is 1. The van der Waals surface area contributed by atoms with Gasteiger partial charge >= 0.3 is 0 Å². The number of rotatable bonds is 6. The van der Waals surface area contributed by atoms with Crippen LogP contribution in [0.25, 0.3) is 11.6 Å². The molecule has 1 aliphatic rings. The minimum atomic E-state index is 0.286. The van der Waals surface area contributed by atoms with Gasteiger partial charge in [0.25, 0.3) is 0 Å². The van der Waals surface area contributed by atoms with Gasteiger partial charge < -0.3 is 14.6 Å². The summed E-state index contributed by atoms with van der Waals surface area (Å²) < 4.78 is 10.6. The maximum absolute atomic E-state index is 10.4. The molecule has 3 nitrogen and oxygen atoms in total. The monoisotopic (exact) mass is 338 g/mol. The van der Waals surface area contributed by atoms with Gasteiger partial charge in [-0.25, -0.2) is 0 Å². The molecule has 0 radical (unpaired) electrons. The first-order valence-corrected chi connectivity index (χ1v) is 8.92. The van der Waals surface area contributed by atoms with E-state index >= 15 is 0 Å². The van der Waals surface area contributed by atoms with E-state index in [9.17, 15) is 5.11 Å². The van der Waals surface area contributed by atoms with Gasteiger partial charge in [-0.1, -0.05) is 31.9 Å². The second kappa shape index (κ2) is 7.64. The van der Waals surface area contributed by atoms with Crippen LogP contribution in [-0.4, -0.2) is 19.3 Å². The summed E-state index contributed by atoms with van der Waals surface area (Å²) in [4.78, 5) is 0. The number of phenols is 1. The summed E-state index contributed by atoms with van der Waals surface area (Å²) in [7, 11) is 3.32. The Hall–Kier alpha value is -2.42. The Balaban J connectivity index is 2.04. The number of methoxy groups -OCH3 is 2. The van der Waals surface area contributed by atoms with Crippen LogP contribution in [0.15, 0.2) is 36.4 Å². The lowest BCUT2D eigenvalue weighted by atomic mass is 9.78. The fourth-order valence-corrected chi connectivity index (χ4v) is 3.58. The number of hydrogen-bond acceptors (Lipinski definition) is 3. The lowest BCUT2D eigenvalue weighted by Gasteiger charge is -2.27. The van der Waals surface area contributed by atoms with Gasteiger partial charge in [0.1, 0.15) is 17.2 Å². The van der Waals surface area contributed by atoms with Gasteiger partial charge in [0, 0.05) is 11.6 Å². The van der Waals surface area contributed by atoms with Crippen molar-refractivity contribution in [3.05, 3.63) is 53.1 Å². The number of hydrogen-bond donors (Lipinski definition) is 1. The summed E-state index contributed by atoms with van der Waals surface area (Å²) >= 11 is 0. The average molecular weight is 338 g/mol. The maximum atomic E-state index is 10.4. The fraction of sp³-hybridized carbons (Fsp3) is 0.364. The molecule has 0 spiro atoms. The quantitative estimate of drug-likeness (QED) is 0.775. The Labute approximate surface area is 149 Å². The molecule has 3 heteroatoms. The molecular weight excluding hydrogens is 312 g/mol. The van der Waals surface area contributed by atoms with Gasteiger partial charge in [-0.05, 0) is 59.7 Å². The van der Waals surface area contributed by atoms with Gasteiger partial charge in [0.2, 0.25) is 0 Å². The van der Waals surface area contributed by atoms with Crippen LogP contribution in [0, 0.1) is 5.92 Å². The molecule has 25 heavy (non-hydrogen) atoms. The Kier molecular flexibility index (Phi) is 5.32. The fourth-order valence-electron chi connectivity index (χ4n) is 3.58. The van der Waals surface area contributed by atoms with E-state index < -0.39 is 0 Å². The highest BCUT2D eigenvalue weighted by atomic mass is 16.5. The van der Waals surface area contributed by atoms with E-state index in [4.69, 9.17) is 9.47 Å². The van der Waals surface area contributed by atoms with Crippen LogP contribution in [0.4, 0.5) is 0 Å². The molecule has 0 amide bonds. The summed E-state index contributed by atoms with van der Waals surface area (Å²) in [6.07, 6.45) is 6.60. The summed E-state index contributed by atoms with van der Waals surface area (Å²) in [6.45, 7) is 2.22. The second-order valence-electron chi connectivity index (χ2n) is 6.59. The van der Waals surface area contributed by atoms with Crippen molar-refractivity contribution < 1.29 is 14.6 Å². The summed E-state index contributed by atoms with van der Waals surface area (Å²) in [6, 6.07) is 11.9. The number of benzene rings is 2. The lowest BCUT2D eigenvalue weighted by Crippen LogP contribution is -2.13. The highest BCUT2D eigenvalue weighted by Gasteiger charge is 2.24. The topological polar surface area (TPSA) is 38.7 Å². The van der Waals surface area contributed by atoms with Gasteiger partial charge in [0.05, 0.1) is 14.2 Å². The third-order valence-electron chi connectivity index (χ3n) is 4.99. The van der Waals surface area contributed by atoms with Crippen molar-refractivity contribution >= 4 is 11.6 Å². The molecule has 0 aliphatic heterocycles. The summed E-state index contributed by atoms with van der Waals surface area (Å²) in [5.41, 5.74) is 4.57. The molecule has 2 aromatic carbocycles. The van der Waals surface area contributed by atoms with Crippen molar-refractivity contribution in [3.63, 3.8) is 0 Å². The van der Waals surface area contributed by atoms with E-state index in [-0.39, 0.29) is 5.75 Å². The predicted molar refractivity (Wildman–Crippen MR) is 102 cm³/mol. The van der Waals surface area contributed by atoms with Crippen molar-refractivity contribution in [3.8, 4) is 17.2 Å². The van der Waals surface area contributed by atoms with Crippen LogP contribution >= 0.6 is 0 Å². The van der Waals surface area contributed by atoms with Crippen molar-refractivity contribution in [2.45, 2.75) is 32.6 Å². The van der Waals surface area contributed by atoms with Gasteiger partial charge in [-0.2, -0.15) is 0 Å². The predicted octanol–water partition coefficient (Wildman–Crippen LogP) is 5.31. The normalized spacial score (nSPS) is 16.1. The van der Waals surface area contributed by atoms with E-state index in [0.29, 0.717) is 11.7 Å². The molecule has 1 atom stereocenters. The van der Waals surface area contributed by atoms with E-state index in [1.807, 2.05) is 12.1 Å².